The number of halogens is 1. The highest BCUT2D eigenvalue weighted by molar-refractivity contribution is 5.85. The third-order valence-corrected chi connectivity index (χ3v) is 5.72. The molecule has 0 radical (unpaired) electrons. The number of hydrogen-bond acceptors (Lipinski definition) is 3. The molecule has 1 amide bonds. The number of carbonyl (C=O) groups excluding carboxylic acids is 1. The van der Waals surface area contributed by atoms with Gasteiger partial charge in [0.2, 0.25) is 0 Å². The standard InChI is InChI=1S/C19H28N2O2.ClH/c1-21(18(22)23-15-16-5-3-2-4-6-16)17-7-9-19(10-8-17)11-13-20-14-12-19;/h2-6,17,20H,7-15H2,1H3;1H. The van der Waals surface area contributed by atoms with Crippen LogP contribution in [0.25, 0.3) is 0 Å². The van der Waals surface area contributed by atoms with E-state index in [0.29, 0.717) is 18.1 Å². The first kappa shape index (κ1) is 19.1. The average molecular weight is 353 g/mol. The van der Waals surface area contributed by atoms with Gasteiger partial charge in [-0.25, -0.2) is 4.79 Å². The summed E-state index contributed by atoms with van der Waals surface area (Å²) in [7, 11) is 1.89. The molecule has 0 aromatic heterocycles. The third-order valence-electron chi connectivity index (χ3n) is 5.72. The molecule has 1 N–H and O–H groups in total. The maximum Gasteiger partial charge on any atom is 0.410 e. The molecule has 1 heterocycles. The molecular weight excluding hydrogens is 324 g/mol. The second kappa shape index (κ2) is 8.72. The number of ether oxygens (including phenoxy) is 1. The van der Waals surface area contributed by atoms with E-state index in [2.05, 4.69) is 5.32 Å². The maximum atomic E-state index is 12.3. The molecule has 134 valence electrons. The molecule has 4 nitrogen and oxygen atoms in total. The van der Waals surface area contributed by atoms with E-state index in [1.54, 1.807) is 0 Å². The summed E-state index contributed by atoms with van der Waals surface area (Å²) in [5.41, 5.74) is 1.57. The SMILES string of the molecule is CN(C(=O)OCc1ccccc1)C1CCC2(CCNCC2)CC1.Cl. The van der Waals surface area contributed by atoms with Crippen molar-refractivity contribution in [2.24, 2.45) is 5.41 Å². The van der Waals surface area contributed by atoms with E-state index in [1.807, 2.05) is 42.3 Å². The van der Waals surface area contributed by atoms with Crippen molar-refractivity contribution in [3.63, 3.8) is 0 Å². The van der Waals surface area contributed by atoms with Crippen LogP contribution in [0.3, 0.4) is 0 Å². The highest BCUT2D eigenvalue weighted by Crippen LogP contribution is 2.44. The first-order valence-corrected chi connectivity index (χ1v) is 8.83. The van der Waals surface area contributed by atoms with Gasteiger partial charge in [0.25, 0.3) is 0 Å². The van der Waals surface area contributed by atoms with Gasteiger partial charge in [-0.05, 0) is 62.6 Å². The molecule has 3 rings (SSSR count). The van der Waals surface area contributed by atoms with Crippen molar-refractivity contribution < 1.29 is 9.53 Å². The van der Waals surface area contributed by atoms with Gasteiger partial charge in [-0.1, -0.05) is 30.3 Å². The molecular formula is C19H29ClN2O2. The number of piperidine rings is 1. The minimum atomic E-state index is -0.194. The Morgan fingerprint density at radius 1 is 1.17 bits per heavy atom. The zero-order valence-corrected chi connectivity index (χ0v) is 15.3. The van der Waals surface area contributed by atoms with E-state index >= 15 is 0 Å². The summed E-state index contributed by atoms with van der Waals surface area (Å²) in [6.45, 7) is 2.66. The molecule has 1 aromatic rings. The van der Waals surface area contributed by atoms with Crippen molar-refractivity contribution in [1.29, 1.82) is 0 Å². The van der Waals surface area contributed by atoms with Crippen LogP contribution in [0.5, 0.6) is 0 Å². The number of benzene rings is 1. The molecule has 0 unspecified atom stereocenters. The Labute approximate surface area is 151 Å². The van der Waals surface area contributed by atoms with Crippen LogP contribution >= 0.6 is 12.4 Å². The lowest BCUT2D eigenvalue weighted by Gasteiger charge is -2.44. The fraction of sp³-hybridized carbons (Fsp3) is 0.632. The Balaban J connectivity index is 0.00000208. The smallest absolute Gasteiger partial charge is 0.410 e. The number of rotatable bonds is 3. The van der Waals surface area contributed by atoms with Gasteiger partial charge in [0.15, 0.2) is 0 Å². The highest BCUT2D eigenvalue weighted by atomic mass is 35.5. The van der Waals surface area contributed by atoms with Gasteiger partial charge >= 0.3 is 6.09 Å². The van der Waals surface area contributed by atoms with Crippen LogP contribution in [0.2, 0.25) is 0 Å². The highest BCUT2D eigenvalue weighted by Gasteiger charge is 2.38. The summed E-state index contributed by atoms with van der Waals surface area (Å²) in [4.78, 5) is 14.1. The summed E-state index contributed by atoms with van der Waals surface area (Å²) in [6.07, 6.45) is 7.10. The lowest BCUT2D eigenvalue weighted by Crippen LogP contribution is -2.45. The lowest BCUT2D eigenvalue weighted by molar-refractivity contribution is 0.0541. The summed E-state index contributed by atoms with van der Waals surface area (Å²) in [5.74, 6) is 0. The monoisotopic (exact) mass is 352 g/mol. The van der Waals surface area contributed by atoms with Crippen LogP contribution in [-0.4, -0.2) is 37.2 Å². The van der Waals surface area contributed by atoms with Crippen LogP contribution in [-0.2, 0) is 11.3 Å². The minimum absolute atomic E-state index is 0. The normalized spacial score (nSPS) is 20.2. The van der Waals surface area contributed by atoms with E-state index in [1.165, 1.54) is 25.7 Å². The topological polar surface area (TPSA) is 41.6 Å². The second-order valence-corrected chi connectivity index (χ2v) is 7.13. The van der Waals surface area contributed by atoms with Gasteiger partial charge in [0.1, 0.15) is 6.61 Å². The minimum Gasteiger partial charge on any atom is -0.445 e. The fourth-order valence-corrected chi connectivity index (χ4v) is 4.03. The molecule has 0 atom stereocenters. The number of nitrogens with zero attached hydrogens (tertiary/aromatic N) is 1. The van der Waals surface area contributed by atoms with Crippen molar-refractivity contribution in [3.8, 4) is 0 Å². The van der Waals surface area contributed by atoms with E-state index < -0.39 is 0 Å². The Hall–Kier alpha value is -1.26. The predicted molar refractivity (Wildman–Crippen MR) is 98.4 cm³/mol. The molecule has 1 aliphatic heterocycles. The molecule has 1 saturated carbocycles. The van der Waals surface area contributed by atoms with Crippen molar-refractivity contribution in [2.75, 3.05) is 20.1 Å². The number of nitrogens with one attached hydrogen (secondary N) is 1. The first-order chi connectivity index (χ1) is 11.2. The van der Waals surface area contributed by atoms with E-state index in [9.17, 15) is 4.79 Å². The van der Waals surface area contributed by atoms with Crippen molar-refractivity contribution >= 4 is 18.5 Å². The van der Waals surface area contributed by atoms with Crippen LogP contribution in [0.4, 0.5) is 4.79 Å². The van der Waals surface area contributed by atoms with Crippen LogP contribution < -0.4 is 5.32 Å². The van der Waals surface area contributed by atoms with E-state index in [-0.39, 0.29) is 18.5 Å². The molecule has 1 aromatic carbocycles. The van der Waals surface area contributed by atoms with Gasteiger partial charge in [0, 0.05) is 13.1 Å². The molecule has 2 fully saturated rings. The Kier molecular flexibility index (Phi) is 6.93. The molecule has 1 spiro atoms. The van der Waals surface area contributed by atoms with Crippen LogP contribution in [0.1, 0.15) is 44.1 Å². The van der Waals surface area contributed by atoms with E-state index in [0.717, 1.165) is 31.5 Å². The number of hydrogen-bond donors (Lipinski definition) is 1. The zero-order chi connectivity index (χ0) is 16.1. The lowest BCUT2D eigenvalue weighted by atomic mass is 9.67. The molecule has 24 heavy (non-hydrogen) atoms. The van der Waals surface area contributed by atoms with Crippen LogP contribution in [0, 0.1) is 5.41 Å². The van der Waals surface area contributed by atoms with E-state index in [4.69, 9.17) is 4.74 Å². The first-order valence-electron chi connectivity index (χ1n) is 8.83. The van der Waals surface area contributed by atoms with Gasteiger partial charge in [-0.3, -0.25) is 0 Å². The second-order valence-electron chi connectivity index (χ2n) is 7.13. The van der Waals surface area contributed by atoms with Gasteiger partial charge in [-0.15, -0.1) is 12.4 Å². The summed E-state index contributed by atoms with van der Waals surface area (Å²) < 4.78 is 5.46. The molecule has 2 aliphatic rings. The molecule has 5 heteroatoms. The van der Waals surface area contributed by atoms with Gasteiger partial charge < -0.3 is 15.0 Å². The summed E-state index contributed by atoms with van der Waals surface area (Å²) >= 11 is 0. The Bertz CT molecular complexity index is 507. The van der Waals surface area contributed by atoms with Crippen molar-refractivity contribution in [1.82, 2.24) is 10.2 Å². The largest absolute Gasteiger partial charge is 0.445 e. The molecule has 1 aliphatic carbocycles. The summed E-state index contributed by atoms with van der Waals surface area (Å²) in [6, 6.07) is 10.2. The van der Waals surface area contributed by atoms with Crippen molar-refractivity contribution in [3.05, 3.63) is 35.9 Å². The van der Waals surface area contributed by atoms with Crippen molar-refractivity contribution in [2.45, 2.75) is 51.2 Å². The third kappa shape index (κ3) is 4.64. The number of amides is 1. The van der Waals surface area contributed by atoms with Crippen LogP contribution in [0.15, 0.2) is 30.3 Å². The quantitative estimate of drug-likeness (QED) is 0.894. The fourth-order valence-electron chi connectivity index (χ4n) is 4.03. The van der Waals surface area contributed by atoms with Gasteiger partial charge in [-0.2, -0.15) is 0 Å². The Morgan fingerprint density at radius 3 is 2.42 bits per heavy atom. The molecule has 1 saturated heterocycles. The zero-order valence-electron chi connectivity index (χ0n) is 14.5. The Morgan fingerprint density at radius 2 is 1.79 bits per heavy atom. The molecule has 0 bridgehead atoms. The predicted octanol–water partition coefficient (Wildman–Crippen LogP) is 3.99. The van der Waals surface area contributed by atoms with Gasteiger partial charge in [0.05, 0.1) is 0 Å². The maximum absolute atomic E-state index is 12.3. The number of carbonyl (C=O) groups is 1. The summed E-state index contributed by atoms with van der Waals surface area (Å²) in [5, 5.41) is 3.46. The average Bonchev–Trinajstić information content (AvgIpc) is 2.61.